The van der Waals surface area contributed by atoms with Crippen LogP contribution in [0.4, 0.5) is 24.5 Å². The second-order valence-electron chi connectivity index (χ2n) is 7.50. The van der Waals surface area contributed by atoms with E-state index in [9.17, 15) is 22.8 Å². The van der Waals surface area contributed by atoms with Gasteiger partial charge in [0.15, 0.2) is 0 Å². The van der Waals surface area contributed by atoms with E-state index >= 15 is 0 Å². The van der Waals surface area contributed by atoms with Crippen LogP contribution in [0.1, 0.15) is 18.1 Å². The fourth-order valence-electron chi connectivity index (χ4n) is 3.39. The lowest BCUT2D eigenvalue weighted by molar-refractivity contribution is -0.137. The Morgan fingerprint density at radius 1 is 1.12 bits per heavy atom. The van der Waals surface area contributed by atoms with Crippen molar-refractivity contribution in [3.8, 4) is 0 Å². The molecule has 0 unspecified atom stereocenters. The number of anilines is 2. The molecule has 0 spiro atoms. The number of rotatable bonds is 7. The van der Waals surface area contributed by atoms with Gasteiger partial charge in [0, 0.05) is 37.1 Å². The third-order valence-electron chi connectivity index (χ3n) is 5.19. The summed E-state index contributed by atoms with van der Waals surface area (Å²) in [6.45, 7) is 4.81. The van der Waals surface area contributed by atoms with Crippen molar-refractivity contribution in [1.82, 2.24) is 4.90 Å². The highest BCUT2D eigenvalue weighted by molar-refractivity contribution is 5.98. The summed E-state index contributed by atoms with van der Waals surface area (Å²) in [6.07, 6.45) is -1.98. The minimum Gasteiger partial charge on any atom is -0.378 e. The summed E-state index contributed by atoms with van der Waals surface area (Å²) in [5.74, 6) is -0.829. The second kappa shape index (κ2) is 11.0. The first-order chi connectivity index (χ1) is 15.8. The molecule has 1 aliphatic rings. The zero-order valence-corrected chi connectivity index (χ0v) is 18.3. The minimum absolute atomic E-state index is 0.173. The van der Waals surface area contributed by atoms with Gasteiger partial charge in [-0.25, -0.2) is 0 Å². The summed E-state index contributed by atoms with van der Waals surface area (Å²) in [5.41, 5.74) is 1.11. The number of nitrogens with one attached hydrogen (secondary N) is 1. The summed E-state index contributed by atoms with van der Waals surface area (Å²) in [4.78, 5) is 28.4. The minimum atomic E-state index is -4.46. The van der Waals surface area contributed by atoms with E-state index in [4.69, 9.17) is 4.74 Å². The van der Waals surface area contributed by atoms with Crippen molar-refractivity contribution in [2.75, 3.05) is 49.6 Å². The number of alkyl halides is 3. The lowest BCUT2D eigenvalue weighted by Gasteiger charge is -2.29. The first-order valence-electron chi connectivity index (χ1n) is 10.6. The number of amides is 2. The van der Waals surface area contributed by atoms with Crippen LogP contribution >= 0.6 is 0 Å². The smallest absolute Gasteiger partial charge is 0.378 e. The van der Waals surface area contributed by atoms with E-state index in [0.717, 1.165) is 30.9 Å². The number of morpholine rings is 1. The molecule has 1 aliphatic heterocycles. The molecule has 0 radical (unpaired) electrons. The summed E-state index contributed by atoms with van der Waals surface area (Å²) < 4.78 is 43.9. The van der Waals surface area contributed by atoms with E-state index in [1.165, 1.54) is 29.2 Å². The predicted octanol–water partition coefficient (Wildman–Crippen LogP) is 4.04. The predicted molar refractivity (Wildman–Crippen MR) is 121 cm³/mol. The average Bonchev–Trinajstić information content (AvgIpc) is 2.81. The molecule has 3 rings (SSSR count). The molecule has 1 saturated heterocycles. The molecule has 6 nitrogen and oxygen atoms in total. The van der Waals surface area contributed by atoms with Crippen LogP contribution in [-0.2, 0) is 20.5 Å². The Balaban J connectivity index is 1.55. The Morgan fingerprint density at radius 2 is 1.82 bits per heavy atom. The molecule has 1 fully saturated rings. The Labute approximate surface area is 190 Å². The normalized spacial score (nSPS) is 14.4. The van der Waals surface area contributed by atoms with Gasteiger partial charge in [-0.1, -0.05) is 12.1 Å². The lowest BCUT2D eigenvalue weighted by Crippen LogP contribution is -2.37. The fourth-order valence-corrected chi connectivity index (χ4v) is 3.39. The molecule has 0 aliphatic carbocycles. The van der Waals surface area contributed by atoms with Crippen LogP contribution in [0.2, 0.25) is 0 Å². The van der Waals surface area contributed by atoms with E-state index in [-0.39, 0.29) is 24.6 Å². The molecule has 2 aromatic carbocycles. The van der Waals surface area contributed by atoms with E-state index in [1.54, 1.807) is 19.1 Å². The first-order valence-corrected chi connectivity index (χ1v) is 10.6. The van der Waals surface area contributed by atoms with Crippen molar-refractivity contribution in [2.45, 2.75) is 13.1 Å². The van der Waals surface area contributed by atoms with Crippen molar-refractivity contribution >= 4 is 29.3 Å². The van der Waals surface area contributed by atoms with Gasteiger partial charge in [-0.3, -0.25) is 9.59 Å². The quantitative estimate of drug-likeness (QED) is 0.633. The van der Waals surface area contributed by atoms with Gasteiger partial charge in [0.25, 0.3) is 0 Å². The zero-order chi connectivity index (χ0) is 23.8. The van der Waals surface area contributed by atoms with E-state index in [0.29, 0.717) is 18.9 Å². The number of hydrogen-bond donors (Lipinski definition) is 1. The van der Waals surface area contributed by atoms with Crippen LogP contribution < -0.4 is 10.2 Å². The number of likely N-dealkylation sites (N-methyl/N-ethyl adjacent to an activating group) is 1. The highest BCUT2D eigenvalue weighted by Crippen LogP contribution is 2.29. The maximum absolute atomic E-state index is 12.8. The van der Waals surface area contributed by atoms with E-state index in [2.05, 4.69) is 10.2 Å². The van der Waals surface area contributed by atoms with Gasteiger partial charge < -0.3 is 19.9 Å². The second-order valence-corrected chi connectivity index (χ2v) is 7.50. The number of carbonyl (C=O) groups is 2. The molecule has 2 aromatic rings. The molecule has 2 amide bonds. The summed E-state index contributed by atoms with van der Waals surface area (Å²) in [6, 6.07) is 12.1. The third kappa shape index (κ3) is 7.08. The van der Waals surface area contributed by atoms with Crippen molar-refractivity contribution in [2.24, 2.45) is 0 Å². The molecule has 1 N–H and O–H groups in total. The van der Waals surface area contributed by atoms with Crippen LogP contribution in [0.5, 0.6) is 0 Å². The average molecular weight is 461 g/mol. The number of carbonyl (C=O) groups excluding carboxylic acids is 2. The first kappa shape index (κ1) is 24.3. The van der Waals surface area contributed by atoms with Crippen LogP contribution in [0.25, 0.3) is 6.08 Å². The maximum atomic E-state index is 12.8. The molecule has 0 atom stereocenters. The topological polar surface area (TPSA) is 61.9 Å². The molecule has 0 aromatic heterocycles. The monoisotopic (exact) mass is 461 g/mol. The lowest BCUT2D eigenvalue weighted by atomic mass is 10.1. The van der Waals surface area contributed by atoms with Crippen LogP contribution in [-0.4, -0.2) is 56.1 Å². The molecule has 1 heterocycles. The number of ether oxygens (including phenoxy) is 1. The third-order valence-corrected chi connectivity index (χ3v) is 5.19. The summed E-state index contributed by atoms with van der Waals surface area (Å²) in [7, 11) is 0. The van der Waals surface area contributed by atoms with Crippen LogP contribution in [0.3, 0.4) is 0 Å². The largest absolute Gasteiger partial charge is 0.416 e. The molecule has 0 bridgehead atoms. The van der Waals surface area contributed by atoms with Gasteiger partial charge in [0.2, 0.25) is 11.8 Å². The standard InChI is InChI=1S/C24H26F3N3O3/c1-2-29(23(32)11-6-18-4-3-5-19(16-18)24(25,26)27)17-22(31)28-20-7-9-21(10-8-20)30-12-14-33-15-13-30/h3-11,16H,2,12-15,17H2,1H3,(H,28,31)/b11-6+. The Kier molecular flexibility index (Phi) is 8.11. The molecular weight excluding hydrogens is 435 g/mol. The van der Waals surface area contributed by atoms with Gasteiger partial charge in [0.1, 0.15) is 6.54 Å². The summed E-state index contributed by atoms with van der Waals surface area (Å²) >= 11 is 0. The fraction of sp³-hybridized carbons (Fsp3) is 0.333. The van der Waals surface area contributed by atoms with Crippen molar-refractivity contribution in [3.63, 3.8) is 0 Å². The SMILES string of the molecule is CCN(CC(=O)Nc1ccc(N2CCOCC2)cc1)C(=O)/C=C/c1cccc(C(F)(F)F)c1. The molecule has 33 heavy (non-hydrogen) atoms. The number of halogens is 3. The molecule has 9 heteroatoms. The van der Waals surface area contributed by atoms with Gasteiger partial charge in [-0.2, -0.15) is 13.2 Å². The van der Waals surface area contributed by atoms with Crippen molar-refractivity contribution < 1.29 is 27.5 Å². The molecular formula is C24H26F3N3O3. The van der Waals surface area contributed by atoms with E-state index < -0.39 is 17.6 Å². The van der Waals surface area contributed by atoms with Gasteiger partial charge >= 0.3 is 6.18 Å². The number of nitrogens with zero attached hydrogens (tertiary/aromatic N) is 2. The van der Waals surface area contributed by atoms with Crippen molar-refractivity contribution in [1.29, 1.82) is 0 Å². The molecule has 0 saturated carbocycles. The Bertz CT molecular complexity index is 984. The Hall–Kier alpha value is -3.33. The summed E-state index contributed by atoms with van der Waals surface area (Å²) in [5, 5.41) is 2.76. The Morgan fingerprint density at radius 3 is 2.45 bits per heavy atom. The van der Waals surface area contributed by atoms with Gasteiger partial charge in [-0.05, 0) is 55.0 Å². The highest BCUT2D eigenvalue weighted by Gasteiger charge is 2.30. The zero-order valence-electron chi connectivity index (χ0n) is 18.3. The highest BCUT2D eigenvalue weighted by atomic mass is 19.4. The number of hydrogen-bond acceptors (Lipinski definition) is 4. The van der Waals surface area contributed by atoms with Gasteiger partial charge in [-0.15, -0.1) is 0 Å². The van der Waals surface area contributed by atoms with E-state index in [1.807, 2.05) is 12.1 Å². The van der Waals surface area contributed by atoms with Gasteiger partial charge in [0.05, 0.1) is 18.8 Å². The van der Waals surface area contributed by atoms with Crippen LogP contribution in [0.15, 0.2) is 54.6 Å². The maximum Gasteiger partial charge on any atom is 0.416 e. The number of benzene rings is 2. The van der Waals surface area contributed by atoms with Crippen LogP contribution in [0, 0.1) is 0 Å². The van der Waals surface area contributed by atoms with Crippen molar-refractivity contribution in [3.05, 3.63) is 65.7 Å². The molecule has 176 valence electrons.